The van der Waals surface area contributed by atoms with Crippen molar-refractivity contribution in [1.82, 2.24) is 30.2 Å². The van der Waals surface area contributed by atoms with Crippen molar-refractivity contribution >= 4 is 69.1 Å². The minimum atomic E-state index is -5.58. The average molecular weight is 1050 g/mol. The van der Waals surface area contributed by atoms with Crippen molar-refractivity contribution < 1.29 is 80.5 Å². The lowest BCUT2D eigenvalue weighted by Gasteiger charge is -2.30. The maximum atomic E-state index is 12.8. The number of anilines is 1. The van der Waals surface area contributed by atoms with E-state index >= 15 is 0 Å². The number of imidazole rings is 1. The van der Waals surface area contributed by atoms with Gasteiger partial charge in [-0.15, -0.1) is 0 Å². The summed E-state index contributed by atoms with van der Waals surface area (Å²) in [6, 6.07) is 0. The summed E-state index contributed by atoms with van der Waals surface area (Å²) >= 11 is 1.16. The largest absolute Gasteiger partial charge is 0.481 e. The third-order valence-electron chi connectivity index (χ3n) is 11.4. The zero-order chi connectivity index (χ0) is 51.0. The summed E-state index contributed by atoms with van der Waals surface area (Å²) in [4.78, 5) is 89.0. The van der Waals surface area contributed by atoms with Crippen LogP contribution in [-0.4, -0.2) is 123 Å². The zero-order valence-electron chi connectivity index (χ0n) is 39.7. The predicted octanol–water partition coefficient (Wildman–Crippen LogP) is 4.74. The molecule has 1 fully saturated rings. The first-order valence-electron chi connectivity index (χ1n) is 22.7. The van der Waals surface area contributed by atoms with Gasteiger partial charge in [0, 0.05) is 36.6 Å². The Bertz CT molecular complexity index is 2080. The number of carbonyl (C=O) groups is 3. The molecule has 1 saturated heterocycles. The van der Waals surface area contributed by atoms with Gasteiger partial charge >= 0.3 is 23.5 Å². The molecule has 2 aromatic rings. The summed E-state index contributed by atoms with van der Waals surface area (Å²) in [5.41, 5.74) is 4.29. The van der Waals surface area contributed by atoms with Gasteiger partial charge in [0.25, 0.3) is 0 Å². The van der Waals surface area contributed by atoms with Crippen LogP contribution in [0.15, 0.2) is 12.7 Å². The molecule has 10 N–H and O–H groups in total. The molecule has 10 atom stereocenters. The molecular weight excluding hydrogens is 975 g/mol. The first-order valence-corrected chi connectivity index (χ1v) is 28.2. The van der Waals surface area contributed by atoms with Gasteiger partial charge in [-0.05, 0) is 24.2 Å². The highest BCUT2D eigenvalue weighted by molar-refractivity contribution is 8.13. The van der Waals surface area contributed by atoms with Crippen molar-refractivity contribution in [2.24, 2.45) is 29.1 Å². The molecule has 0 aromatic carbocycles. The van der Waals surface area contributed by atoms with E-state index in [2.05, 4.69) is 62.1 Å². The molecule has 0 aliphatic carbocycles. The van der Waals surface area contributed by atoms with Crippen molar-refractivity contribution in [3.63, 3.8) is 0 Å². The number of rotatable bonds is 32. The van der Waals surface area contributed by atoms with E-state index < -0.39 is 84.6 Å². The van der Waals surface area contributed by atoms with Gasteiger partial charge in [0.05, 0.1) is 19.5 Å². The van der Waals surface area contributed by atoms with E-state index in [1.54, 1.807) is 0 Å². The van der Waals surface area contributed by atoms with Gasteiger partial charge < -0.3 is 50.9 Å². The first kappa shape index (κ1) is 59.9. The van der Waals surface area contributed by atoms with E-state index in [1.807, 2.05) is 6.92 Å². The van der Waals surface area contributed by atoms with Gasteiger partial charge in [-0.2, -0.15) is 4.31 Å². The van der Waals surface area contributed by atoms with Crippen LogP contribution in [0.4, 0.5) is 5.82 Å². The Balaban J connectivity index is 1.34. The molecular formula is C40H72N7O17P3S. The third-order valence-corrected chi connectivity index (χ3v) is 15.5. The molecule has 28 heteroatoms. The number of carbonyl (C=O) groups excluding carboxylic acids is 3. The van der Waals surface area contributed by atoms with E-state index in [-0.39, 0.29) is 47.5 Å². The molecule has 2 aromatic heterocycles. The van der Waals surface area contributed by atoms with E-state index in [4.69, 9.17) is 19.5 Å². The summed E-state index contributed by atoms with van der Waals surface area (Å²) in [7, 11) is -16.4. The molecule has 390 valence electrons. The van der Waals surface area contributed by atoms with E-state index in [0.717, 1.165) is 60.1 Å². The van der Waals surface area contributed by atoms with Crippen molar-refractivity contribution in [3.05, 3.63) is 12.7 Å². The Kier molecular flexibility index (Phi) is 24.1. The number of aliphatic hydroxyl groups is 2. The number of ether oxygens (including phenoxy) is 1. The van der Waals surface area contributed by atoms with Crippen molar-refractivity contribution in [2.75, 3.05) is 37.8 Å². The monoisotopic (exact) mass is 1050 g/mol. The van der Waals surface area contributed by atoms with Crippen molar-refractivity contribution in [2.45, 2.75) is 143 Å². The highest BCUT2D eigenvalue weighted by Crippen LogP contribution is 2.61. The molecule has 24 nitrogen and oxygen atoms in total. The fourth-order valence-electron chi connectivity index (χ4n) is 7.29. The van der Waals surface area contributed by atoms with Crippen LogP contribution in [0.5, 0.6) is 0 Å². The smallest absolute Gasteiger partial charge is 0.386 e. The van der Waals surface area contributed by atoms with Crippen LogP contribution < -0.4 is 16.4 Å². The summed E-state index contributed by atoms with van der Waals surface area (Å²) in [6.07, 6.45) is 3.58. The maximum Gasteiger partial charge on any atom is 0.481 e. The van der Waals surface area contributed by atoms with Gasteiger partial charge in [0.2, 0.25) is 11.8 Å². The molecule has 0 radical (unpaired) electrons. The Hall–Kier alpha value is -2.44. The number of phosphoric acid groups is 3. The lowest BCUT2D eigenvalue weighted by Crippen LogP contribution is -2.46. The number of nitrogens with one attached hydrogen (secondary N) is 2. The summed E-state index contributed by atoms with van der Waals surface area (Å²) < 4.78 is 62.5. The average Bonchev–Trinajstić information content (AvgIpc) is 3.80. The fraction of sp³-hybridized carbons (Fsp3) is 0.800. The topological polar surface area (TPSA) is 364 Å². The standard InChI is InChI=1S/C40H72N7O17P3S/c1-25(2)11-8-12-26(3)13-9-14-27(4)15-10-16-28(5)39(52)68-20-19-42-30(48)17-18-43-37(51)34(50)40(6,7)22-61-67(58,59)64-66(56,57)60-21-29-33(63-65(53,54)55)32(49)38(62-29)47-24-46-31-35(41)44-23-45-36(31)47/h23-29,32-34,38,49-50H,8-22H2,1-7H3,(H,42,48)(H,43,51)(H,56,57)(H,58,59)(H2,41,44,45)(H2,53,54,55)/t26?,27?,28?,29-,32-,33-,34+,38-/m1/s1. The highest BCUT2D eigenvalue weighted by Gasteiger charge is 2.50. The number of aliphatic hydroxyl groups excluding tert-OH is 2. The van der Waals surface area contributed by atoms with E-state index in [1.165, 1.54) is 52.4 Å². The number of hydrogen-bond donors (Lipinski definition) is 9. The number of thioether (sulfide) groups is 1. The molecule has 68 heavy (non-hydrogen) atoms. The number of nitrogen functional groups attached to an aromatic ring is 1. The van der Waals surface area contributed by atoms with Crippen molar-refractivity contribution in [3.8, 4) is 0 Å². The zero-order valence-corrected chi connectivity index (χ0v) is 43.2. The van der Waals surface area contributed by atoms with Crippen LogP contribution in [-0.2, 0) is 50.7 Å². The van der Waals surface area contributed by atoms with Crippen LogP contribution in [0.25, 0.3) is 11.2 Å². The second-order valence-corrected chi connectivity index (χ2v) is 23.9. The Labute approximate surface area is 401 Å². The van der Waals surface area contributed by atoms with Crippen LogP contribution in [0.3, 0.4) is 0 Å². The third kappa shape index (κ3) is 20.7. The van der Waals surface area contributed by atoms with Crippen LogP contribution in [0.1, 0.15) is 119 Å². The minimum absolute atomic E-state index is 0.0330. The predicted molar refractivity (Wildman–Crippen MR) is 251 cm³/mol. The van der Waals surface area contributed by atoms with Crippen LogP contribution >= 0.6 is 35.2 Å². The molecule has 0 bridgehead atoms. The van der Waals surface area contributed by atoms with Gasteiger partial charge in [0.1, 0.15) is 36.3 Å². The summed E-state index contributed by atoms with van der Waals surface area (Å²) in [5, 5.41) is 26.7. The normalized spacial score (nSPS) is 21.5. The summed E-state index contributed by atoms with van der Waals surface area (Å²) in [6.45, 7) is 11.6. The Morgan fingerprint density at radius 3 is 2.10 bits per heavy atom. The molecule has 5 unspecified atom stereocenters. The van der Waals surface area contributed by atoms with Gasteiger partial charge in [-0.25, -0.2) is 28.6 Å². The number of phosphoric ester groups is 3. The summed E-state index contributed by atoms with van der Waals surface area (Å²) in [5.74, 6) is 1.01. The fourth-order valence-corrected chi connectivity index (χ4v) is 10.9. The first-order chi connectivity index (χ1) is 31.6. The van der Waals surface area contributed by atoms with E-state index in [9.17, 15) is 57.9 Å². The molecule has 0 spiro atoms. The lowest BCUT2D eigenvalue weighted by atomic mass is 9.87. The molecule has 1 aliphatic rings. The quantitative estimate of drug-likeness (QED) is 0.0353. The van der Waals surface area contributed by atoms with Gasteiger partial charge in [-0.1, -0.05) is 112 Å². The van der Waals surface area contributed by atoms with Crippen molar-refractivity contribution in [1.29, 1.82) is 0 Å². The SMILES string of the molecule is CC(C)CCCC(C)CCCC(C)CCCC(C)C(=O)SCCNC(=O)CCNC(=O)[C@H](O)C(C)(C)COP(=O)(O)OP(=O)(O)OC[C@H]1O[C@@H](n2cnc3c(N)ncnc32)[C@H](O)[C@@H]1OP(=O)(O)O. The number of fused-ring (bicyclic) bond motifs is 1. The highest BCUT2D eigenvalue weighted by atomic mass is 32.2. The molecule has 1 aliphatic heterocycles. The maximum absolute atomic E-state index is 12.8. The minimum Gasteiger partial charge on any atom is -0.386 e. The lowest BCUT2D eigenvalue weighted by molar-refractivity contribution is -0.137. The second kappa shape index (κ2) is 27.4. The second-order valence-electron chi connectivity index (χ2n) is 18.5. The molecule has 3 rings (SSSR count). The number of nitrogens with two attached hydrogens (primary N) is 1. The molecule has 2 amide bonds. The van der Waals surface area contributed by atoms with Gasteiger partial charge in [0.15, 0.2) is 22.8 Å². The molecule has 3 heterocycles. The van der Waals surface area contributed by atoms with Crippen LogP contribution in [0, 0.1) is 29.1 Å². The molecule has 0 saturated carbocycles. The number of aromatic nitrogens is 4. The number of amides is 2. The Morgan fingerprint density at radius 2 is 1.49 bits per heavy atom. The van der Waals surface area contributed by atoms with E-state index in [0.29, 0.717) is 11.7 Å². The number of nitrogens with zero attached hydrogens (tertiary/aromatic N) is 4. The van der Waals surface area contributed by atoms with Crippen LogP contribution in [0.2, 0.25) is 0 Å². The number of hydrogen-bond acceptors (Lipinski definition) is 18. The Morgan fingerprint density at radius 1 is 0.882 bits per heavy atom. The van der Waals surface area contributed by atoms with Gasteiger partial charge in [-0.3, -0.25) is 32.5 Å².